The fraction of sp³-hybridized carbons (Fsp3) is 0.500. The average Bonchev–Trinajstić information content (AvgIpc) is 2.38. The molecule has 0 aliphatic heterocycles. The third kappa shape index (κ3) is 4.70. The largest absolute Gasteiger partial charge is 0.466 e. The van der Waals surface area contributed by atoms with E-state index in [9.17, 15) is 22.8 Å². The van der Waals surface area contributed by atoms with Crippen molar-refractivity contribution >= 4 is 11.9 Å². The van der Waals surface area contributed by atoms with Gasteiger partial charge in [-0.3, -0.25) is 4.79 Å². The van der Waals surface area contributed by atoms with Crippen LogP contribution in [0.15, 0.2) is 28.9 Å². The number of carbonyl (C=O) groups is 1. The van der Waals surface area contributed by atoms with Crippen molar-refractivity contribution in [1.82, 2.24) is 0 Å². The zero-order valence-corrected chi connectivity index (χ0v) is 11.0. The molecule has 1 rings (SSSR count). The monoisotopic (exact) mass is 288 g/mol. The maximum absolute atomic E-state index is 12.9. The molecule has 0 saturated carbocycles. The molecule has 0 heterocycles. The second-order valence-corrected chi connectivity index (χ2v) is 4.30. The second kappa shape index (κ2) is 7.10. The quantitative estimate of drug-likeness (QED) is 0.576. The summed E-state index contributed by atoms with van der Waals surface area (Å²) < 4.78 is 43.4. The molecule has 1 aliphatic carbocycles. The van der Waals surface area contributed by atoms with Gasteiger partial charge in [0.05, 0.1) is 6.61 Å². The summed E-state index contributed by atoms with van der Waals surface area (Å²) in [5, 5.41) is 0. The van der Waals surface area contributed by atoms with Gasteiger partial charge in [0.2, 0.25) is 0 Å². The van der Waals surface area contributed by atoms with Gasteiger partial charge in [-0.25, -0.2) is 4.79 Å². The number of halogens is 3. The van der Waals surface area contributed by atoms with Crippen LogP contribution in [0.25, 0.3) is 0 Å². The minimum atomic E-state index is -4.48. The summed E-state index contributed by atoms with van der Waals surface area (Å²) >= 11 is 0. The van der Waals surface area contributed by atoms with Crippen LogP contribution in [0, 0.1) is 0 Å². The molecule has 0 saturated heterocycles. The van der Waals surface area contributed by atoms with Crippen LogP contribution in [-0.4, -0.2) is 24.7 Å². The van der Waals surface area contributed by atoms with Gasteiger partial charge in [-0.05, 0) is 31.4 Å². The van der Waals surface area contributed by atoms with Crippen LogP contribution in [0.4, 0.5) is 13.2 Å². The normalized spacial score (nSPS) is 15.3. The lowest BCUT2D eigenvalue weighted by atomic mass is 9.91. The molecular formula is C14H15F3O3. The number of allylic oxidation sites excluding steroid dienone is 5. The van der Waals surface area contributed by atoms with Gasteiger partial charge in [0.1, 0.15) is 5.94 Å². The summed E-state index contributed by atoms with van der Waals surface area (Å²) in [5.41, 5.74) is -0.644. The Labute approximate surface area is 114 Å². The number of ether oxygens (including phenoxy) is 1. The van der Waals surface area contributed by atoms with Crippen LogP contribution >= 0.6 is 0 Å². The zero-order valence-electron chi connectivity index (χ0n) is 11.0. The Bertz CT molecular complexity index is 480. The zero-order chi connectivity index (χ0) is 15.2. The molecule has 0 N–H and O–H groups in total. The predicted octanol–water partition coefficient (Wildman–Crippen LogP) is 3.30. The molecule has 0 aromatic rings. The van der Waals surface area contributed by atoms with Crippen LogP contribution in [0.3, 0.4) is 0 Å². The van der Waals surface area contributed by atoms with Gasteiger partial charge < -0.3 is 4.74 Å². The molecule has 1 aliphatic rings. The van der Waals surface area contributed by atoms with E-state index in [0.29, 0.717) is 0 Å². The minimum absolute atomic E-state index is 0.0218. The fourth-order valence-electron chi connectivity index (χ4n) is 1.91. The van der Waals surface area contributed by atoms with Crippen molar-refractivity contribution in [2.24, 2.45) is 0 Å². The van der Waals surface area contributed by atoms with Crippen molar-refractivity contribution < 1.29 is 27.5 Å². The molecule has 0 spiro atoms. The Balaban J connectivity index is 2.74. The van der Waals surface area contributed by atoms with E-state index < -0.39 is 24.1 Å². The van der Waals surface area contributed by atoms with Crippen molar-refractivity contribution in [2.45, 2.75) is 38.8 Å². The fourth-order valence-corrected chi connectivity index (χ4v) is 1.91. The molecule has 110 valence electrons. The first-order chi connectivity index (χ1) is 9.38. The maximum atomic E-state index is 12.9. The Morgan fingerprint density at radius 1 is 1.40 bits per heavy atom. The molecule has 3 nitrogen and oxygen atoms in total. The lowest BCUT2D eigenvalue weighted by Crippen LogP contribution is -2.17. The molecule has 0 amide bonds. The lowest BCUT2D eigenvalue weighted by Gasteiger charge is -2.19. The Morgan fingerprint density at radius 3 is 2.65 bits per heavy atom. The van der Waals surface area contributed by atoms with Gasteiger partial charge in [-0.1, -0.05) is 6.08 Å². The number of carbonyl (C=O) groups excluding carboxylic acids is 2. The number of esters is 1. The molecule has 0 unspecified atom stereocenters. The van der Waals surface area contributed by atoms with Gasteiger partial charge in [-0.2, -0.15) is 13.2 Å². The van der Waals surface area contributed by atoms with E-state index in [4.69, 9.17) is 4.74 Å². The predicted molar refractivity (Wildman–Crippen MR) is 66.5 cm³/mol. The Morgan fingerprint density at radius 2 is 2.10 bits per heavy atom. The van der Waals surface area contributed by atoms with Gasteiger partial charge in [-0.15, -0.1) is 0 Å². The van der Waals surface area contributed by atoms with Crippen molar-refractivity contribution in [1.29, 1.82) is 0 Å². The van der Waals surface area contributed by atoms with E-state index >= 15 is 0 Å². The van der Waals surface area contributed by atoms with Crippen molar-refractivity contribution in [3.05, 3.63) is 28.9 Å². The summed E-state index contributed by atoms with van der Waals surface area (Å²) in [7, 11) is 0. The molecular weight excluding hydrogens is 273 g/mol. The van der Waals surface area contributed by atoms with Crippen molar-refractivity contribution in [3.63, 3.8) is 0 Å². The molecule has 0 aromatic heterocycles. The summed E-state index contributed by atoms with van der Waals surface area (Å²) in [4.78, 5) is 21.6. The highest BCUT2D eigenvalue weighted by Crippen LogP contribution is 2.37. The third-order valence-corrected chi connectivity index (χ3v) is 2.85. The molecule has 6 heteroatoms. The van der Waals surface area contributed by atoms with Gasteiger partial charge in [0.15, 0.2) is 0 Å². The molecule has 20 heavy (non-hydrogen) atoms. The van der Waals surface area contributed by atoms with E-state index in [1.165, 1.54) is 18.1 Å². The highest BCUT2D eigenvalue weighted by Gasteiger charge is 2.36. The van der Waals surface area contributed by atoms with Crippen LogP contribution < -0.4 is 0 Å². The molecule has 0 fully saturated rings. The summed E-state index contributed by atoms with van der Waals surface area (Å²) in [6.07, 6.45) is -1.86. The Kier molecular flexibility index (Phi) is 5.77. The molecule has 0 aromatic carbocycles. The van der Waals surface area contributed by atoms with Crippen molar-refractivity contribution in [2.75, 3.05) is 6.61 Å². The highest BCUT2D eigenvalue weighted by molar-refractivity contribution is 5.69. The summed E-state index contributed by atoms with van der Waals surface area (Å²) in [6.45, 7) is 1.92. The third-order valence-electron chi connectivity index (χ3n) is 2.85. The standard InChI is InChI=1S/C14H15F3O3/c1-2-20-13(19)5-3-4-11-7-6-10(9-18)8-12(11)14(15,16)17/h6-7H,2-5,8H2,1H3. The highest BCUT2D eigenvalue weighted by atomic mass is 19.4. The van der Waals surface area contributed by atoms with E-state index in [-0.39, 0.29) is 37.0 Å². The number of hydrogen-bond acceptors (Lipinski definition) is 3. The Hall–Kier alpha value is -1.81. The average molecular weight is 288 g/mol. The summed E-state index contributed by atoms with van der Waals surface area (Å²) in [6, 6.07) is 0. The SMILES string of the molecule is CCOC(=O)CCCC1=C(C(F)(F)F)CC(=C=O)C=C1. The molecule has 0 bridgehead atoms. The van der Waals surface area contributed by atoms with E-state index in [1.54, 1.807) is 6.92 Å². The van der Waals surface area contributed by atoms with E-state index in [2.05, 4.69) is 0 Å². The summed E-state index contributed by atoms with van der Waals surface area (Å²) in [5.74, 6) is 1.07. The van der Waals surface area contributed by atoms with Gasteiger partial charge >= 0.3 is 12.1 Å². The number of alkyl halides is 3. The lowest BCUT2D eigenvalue weighted by molar-refractivity contribution is -0.143. The van der Waals surface area contributed by atoms with E-state index in [1.807, 2.05) is 0 Å². The van der Waals surface area contributed by atoms with E-state index in [0.717, 1.165) is 0 Å². The van der Waals surface area contributed by atoms with Gasteiger partial charge in [0.25, 0.3) is 0 Å². The minimum Gasteiger partial charge on any atom is -0.466 e. The first-order valence-electron chi connectivity index (χ1n) is 6.25. The van der Waals surface area contributed by atoms with Crippen LogP contribution in [0.1, 0.15) is 32.6 Å². The van der Waals surface area contributed by atoms with Crippen LogP contribution in [0.5, 0.6) is 0 Å². The molecule has 0 radical (unpaired) electrons. The van der Waals surface area contributed by atoms with Crippen LogP contribution in [0.2, 0.25) is 0 Å². The second-order valence-electron chi connectivity index (χ2n) is 4.30. The van der Waals surface area contributed by atoms with Crippen molar-refractivity contribution in [3.8, 4) is 0 Å². The number of hydrogen-bond donors (Lipinski definition) is 0. The number of rotatable bonds is 5. The topological polar surface area (TPSA) is 43.4 Å². The van der Waals surface area contributed by atoms with Crippen LogP contribution in [-0.2, 0) is 14.3 Å². The first kappa shape index (κ1) is 16.2. The smallest absolute Gasteiger partial charge is 0.413 e. The van der Waals surface area contributed by atoms with Gasteiger partial charge in [0, 0.05) is 24.0 Å². The first-order valence-corrected chi connectivity index (χ1v) is 6.25. The maximum Gasteiger partial charge on any atom is 0.413 e. The molecule has 0 atom stereocenters.